The van der Waals surface area contributed by atoms with Crippen LogP contribution in [0.1, 0.15) is 30.0 Å². The molecule has 8 heteroatoms. The molecule has 8 nitrogen and oxygen atoms in total. The lowest BCUT2D eigenvalue weighted by atomic mass is 10.0. The van der Waals surface area contributed by atoms with Gasteiger partial charge in [-0.1, -0.05) is 0 Å². The zero-order valence-corrected chi connectivity index (χ0v) is 13.0. The van der Waals surface area contributed by atoms with E-state index in [4.69, 9.17) is 5.73 Å². The number of hydrogen-bond acceptors (Lipinski definition) is 7. The van der Waals surface area contributed by atoms with Gasteiger partial charge in [-0.05, 0) is 25.8 Å². The number of hydrogen-bond donors (Lipinski definition) is 2. The quantitative estimate of drug-likeness (QED) is 0.814. The maximum atomic E-state index is 13.1. The van der Waals surface area contributed by atoms with E-state index < -0.39 is 0 Å². The van der Waals surface area contributed by atoms with E-state index in [0.717, 1.165) is 42.6 Å². The summed E-state index contributed by atoms with van der Waals surface area (Å²) in [5.41, 5.74) is 10.8. The second-order valence-corrected chi connectivity index (χ2v) is 6.03. The second kappa shape index (κ2) is 5.22. The van der Waals surface area contributed by atoms with Crippen molar-refractivity contribution < 1.29 is 0 Å². The minimum Gasteiger partial charge on any atom is -0.368 e. The molecule has 1 unspecified atom stereocenters. The number of hydrazone groups is 1. The molecule has 4 rings (SSSR count). The highest BCUT2D eigenvalue weighted by Crippen LogP contribution is 2.22. The van der Waals surface area contributed by atoms with Crippen LogP contribution in [0.25, 0.3) is 11.0 Å². The fourth-order valence-corrected chi connectivity index (χ4v) is 3.32. The summed E-state index contributed by atoms with van der Waals surface area (Å²) in [6, 6.07) is 1.89. The van der Waals surface area contributed by atoms with Crippen LogP contribution in [0.3, 0.4) is 0 Å². The lowest BCUT2D eigenvalue weighted by Crippen LogP contribution is -2.42. The summed E-state index contributed by atoms with van der Waals surface area (Å²) in [7, 11) is 0. The smallest absolute Gasteiger partial charge is 0.274 e. The number of nitrogens with zero attached hydrogens (tertiary/aromatic N) is 5. The highest BCUT2D eigenvalue weighted by atomic mass is 16.1. The van der Waals surface area contributed by atoms with E-state index in [9.17, 15) is 4.79 Å². The normalized spacial score (nSPS) is 20.4. The van der Waals surface area contributed by atoms with Crippen LogP contribution < -0.4 is 21.7 Å². The highest BCUT2D eigenvalue weighted by molar-refractivity contribution is 5.81. The molecule has 120 valence electrons. The molecule has 0 aliphatic carbocycles. The average Bonchev–Trinajstić information content (AvgIpc) is 3.20. The molecule has 0 bridgehead atoms. The summed E-state index contributed by atoms with van der Waals surface area (Å²) in [6.45, 7) is 4.22. The monoisotopic (exact) mass is 313 g/mol. The Bertz CT molecular complexity index is 851. The molecule has 0 radical (unpaired) electrons. The molecule has 2 aliphatic rings. The predicted molar refractivity (Wildman–Crippen MR) is 89.4 cm³/mol. The lowest BCUT2D eigenvalue weighted by Gasteiger charge is -2.24. The number of rotatable bonds is 2. The third-order valence-electron chi connectivity index (χ3n) is 4.49. The van der Waals surface area contributed by atoms with Gasteiger partial charge >= 0.3 is 0 Å². The molecule has 2 aromatic rings. The number of fused-ring (bicyclic) bond motifs is 1. The number of nitrogens with two attached hydrogens (primary N) is 1. The Morgan fingerprint density at radius 1 is 1.30 bits per heavy atom. The summed E-state index contributed by atoms with van der Waals surface area (Å²) in [5, 5.41) is 6.96. The van der Waals surface area contributed by atoms with Crippen LogP contribution in [-0.4, -0.2) is 40.5 Å². The van der Waals surface area contributed by atoms with Gasteiger partial charge in [0.15, 0.2) is 5.65 Å². The van der Waals surface area contributed by atoms with E-state index in [2.05, 4.69) is 25.5 Å². The molecule has 3 N–H and O–H groups in total. The fraction of sp³-hybridized carbons (Fsp3) is 0.467. The molecule has 0 aromatic carbocycles. The first-order valence-corrected chi connectivity index (χ1v) is 7.86. The van der Waals surface area contributed by atoms with Crippen molar-refractivity contribution in [3.8, 4) is 0 Å². The van der Waals surface area contributed by atoms with Crippen molar-refractivity contribution in [3.63, 3.8) is 0 Å². The maximum Gasteiger partial charge on any atom is 0.274 e. The first-order chi connectivity index (χ1) is 11.1. The number of anilines is 1. The van der Waals surface area contributed by atoms with Gasteiger partial charge in [0.05, 0.1) is 5.69 Å². The lowest BCUT2D eigenvalue weighted by molar-refractivity contribution is 0.644. The van der Waals surface area contributed by atoms with Crippen molar-refractivity contribution in [2.45, 2.75) is 25.7 Å². The number of pyridine rings is 1. The number of nitrogen functional groups attached to an aromatic ring is 1. The third-order valence-corrected chi connectivity index (χ3v) is 4.49. The van der Waals surface area contributed by atoms with Gasteiger partial charge in [0, 0.05) is 42.7 Å². The van der Waals surface area contributed by atoms with Crippen molar-refractivity contribution in [2.75, 3.05) is 30.4 Å². The molecular weight excluding hydrogens is 294 g/mol. The van der Waals surface area contributed by atoms with Crippen LogP contribution in [0, 0.1) is 6.92 Å². The highest BCUT2D eigenvalue weighted by Gasteiger charge is 2.24. The van der Waals surface area contributed by atoms with Crippen molar-refractivity contribution in [1.29, 1.82) is 0 Å². The number of aryl methyl sites for hydroxylation is 1. The molecule has 2 aromatic heterocycles. The van der Waals surface area contributed by atoms with E-state index in [0.29, 0.717) is 12.2 Å². The molecule has 0 amide bonds. The van der Waals surface area contributed by atoms with Crippen LogP contribution >= 0.6 is 0 Å². The Hall–Kier alpha value is -2.64. The molecular formula is C15H19N7O. The van der Waals surface area contributed by atoms with Gasteiger partial charge in [-0.25, -0.2) is 9.66 Å². The topological polar surface area (TPSA) is 101 Å². The Kier molecular flexibility index (Phi) is 3.17. The second-order valence-electron chi connectivity index (χ2n) is 6.03. The Balaban J connectivity index is 2.03. The third kappa shape index (κ3) is 2.21. The summed E-state index contributed by atoms with van der Waals surface area (Å²) in [6.07, 6.45) is 3.93. The molecule has 1 saturated heterocycles. The van der Waals surface area contributed by atoms with E-state index in [1.807, 2.05) is 13.0 Å². The molecule has 1 fully saturated rings. The van der Waals surface area contributed by atoms with Crippen LogP contribution in [0.4, 0.5) is 5.95 Å². The fourth-order valence-electron chi connectivity index (χ4n) is 3.32. The van der Waals surface area contributed by atoms with Crippen LogP contribution in [0.15, 0.2) is 16.0 Å². The molecule has 0 spiro atoms. The first kappa shape index (κ1) is 14.0. The van der Waals surface area contributed by atoms with Gasteiger partial charge in [0.1, 0.15) is 0 Å². The van der Waals surface area contributed by atoms with Crippen molar-refractivity contribution in [3.05, 3.63) is 27.7 Å². The van der Waals surface area contributed by atoms with Crippen LogP contribution in [0.5, 0.6) is 0 Å². The Labute approximate surface area is 133 Å². The SMILES string of the molecule is Cc1nc(N)nc2c1cc(C1C=NNC1)c(=O)n2N1CCCC1. The van der Waals surface area contributed by atoms with Crippen molar-refractivity contribution >= 4 is 23.2 Å². The maximum absolute atomic E-state index is 13.1. The largest absolute Gasteiger partial charge is 0.368 e. The first-order valence-electron chi connectivity index (χ1n) is 7.86. The Morgan fingerprint density at radius 2 is 2.09 bits per heavy atom. The molecule has 23 heavy (non-hydrogen) atoms. The summed E-state index contributed by atoms with van der Waals surface area (Å²) in [5.74, 6) is 0.164. The van der Waals surface area contributed by atoms with E-state index in [1.54, 1.807) is 10.9 Å². The van der Waals surface area contributed by atoms with Crippen LogP contribution in [0.2, 0.25) is 0 Å². The zero-order chi connectivity index (χ0) is 16.0. The van der Waals surface area contributed by atoms with Gasteiger partial charge < -0.3 is 16.2 Å². The van der Waals surface area contributed by atoms with E-state index >= 15 is 0 Å². The van der Waals surface area contributed by atoms with Gasteiger partial charge in [-0.2, -0.15) is 10.1 Å². The minimum atomic E-state index is -0.0444. The molecule has 4 heterocycles. The average molecular weight is 313 g/mol. The Morgan fingerprint density at radius 3 is 2.78 bits per heavy atom. The zero-order valence-electron chi connectivity index (χ0n) is 13.0. The van der Waals surface area contributed by atoms with Crippen molar-refractivity contribution in [2.24, 2.45) is 5.10 Å². The van der Waals surface area contributed by atoms with Gasteiger partial charge in [-0.3, -0.25) is 4.79 Å². The summed E-state index contributed by atoms with van der Waals surface area (Å²) >= 11 is 0. The summed E-state index contributed by atoms with van der Waals surface area (Å²) in [4.78, 5) is 21.7. The standard InChI is InChI=1S/C15H19N7O/c1-9-11-6-12(10-7-17-18-8-10)14(23)22(21-4-2-3-5-21)13(11)20-15(16)19-9/h6-7,10,18H,2-5,8H2,1H3,(H2,16,19,20). The van der Waals surface area contributed by atoms with E-state index in [1.165, 1.54) is 0 Å². The number of aromatic nitrogens is 3. The van der Waals surface area contributed by atoms with Gasteiger partial charge in [0.25, 0.3) is 5.56 Å². The molecule has 1 atom stereocenters. The van der Waals surface area contributed by atoms with Crippen molar-refractivity contribution in [1.82, 2.24) is 20.1 Å². The minimum absolute atomic E-state index is 0.0299. The number of nitrogens with one attached hydrogen (secondary N) is 1. The van der Waals surface area contributed by atoms with Gasteiger partial charge in [-0.15, -0.1) is 0 Å². The predicted octanol–water partition coefficient (Wildman–Crippen LogP) is 0.0865. The van der Waals surface area contributed by atoms with Gasteiger partial charge in [0.2, 0.25) is 5.95 Å². The molecule has 2 aliphatic heterocycles. The van der Waals surface area contributed by atoms with Crippen LogP contribution in [-0.2, 0) is 0 Å². The molecule has 0 saturated carbocycles. The summed E-state index contributed by atoms with van der Waals surface area (Å²) < 4.78 is 1.69. The van der Waals surface area contributed by atoms with E-state index in [-0.39, 0.29) is 17.4 Å².